The van der Waals surface area contributed by atoms with Crippen molar-refractivity contribution in [3.8, 4) is 0 Å². The zero-order chi connectivity index (χ0) is 33.7. The molecule has 0 spiro atoms. The van der Waals surface area contributed by atoms with E-state index in [0.717, 1.165) is 63.1 Å². The Bertz CT molecular complexity index is 1830. The summed E-state index contributed by atoms with van der Waals surface area (Å²) in [6.07, 6.45) is 12.4. The third kappa shape index (κ3) is 5.65. The summed E-state index contributed by atoms with van der Waals surface area (Å²) < 4.78 is 7.98. The molecule has 0 radical (unpaired) electrons. The SMILES string of the molecule is CC1(C)C(C2CCO2)NCCN1c1ccc(NCC2=CC(=O)C(c3ccnc(N4CCn5c(cc6c5CCCC6)C4=O)c3CO)N=C2)nc1. The van der Waals surface area contributed by atoms with Crippen molar-refractivity contribution in [1.29, 1.82) is 0 Å². The van der Waals surface area contributed by atoms with Gasteiger partial charge in [-0.05, 0) is 93.0 Å². The van der Waals surface area contributed by atoms with Crippen molar-refractivity contribution >= 4 is 35.2 Å². The van der Waals surface area contributed by atoms with Crippen molar-refractivity contribution in [1.82, 2.24) is 19.9 Å². The van der Waals surface area contributed by atoms with E-state index >= 15 is 0 Å². The zero-order valence-electron chi connectivity index (χ0n) is 28.2. The van der Waals surface area contributed by atoms with Crippen LogP contribution in [0, 0.1) is 0 Å². The third-order valence-electron chi connectivity index (χ3n) is 11.0. The highest BCUT2D eigenvalue weighted by atomic mass is 16.5. The zero-order valence-corrected chi connectivity index (χ0v) is 28.2. The van der Waals surface area contributed by atoms with Crippen LogP contribution in [0.1, 0.15) is 72.0 Å². The van der Waals surface area contributed by atoms with Gasteiger partial charge in [0.15, 0.2) is 5.78 Å². The minimum atomic E-state index is -0.822. The summed E-state index contributed by atoms with van der Waals surface area (Å²) in [5, 5.41) is 17.5. The Hall–Kier alpha value is -4.39. The van der Waals surface area contributed by atoms with Crippen molar-refractivity contribution < 1.29 is 19.4 Å². The molecular weight excluding hydrogens is 620 g/mol. The number of hydrogen-bond acceptors (Lipinski definition) is 10. The molecule has 49 heavy (non-hydrogen) atoms. The van der Waals surface area contributed by atoms with Crippen LogP contribution in [-0.2, 0) is 35.5 Å². The highest BCUT2D eigenvalue weighted by molar-refractivity contribution is 6.07. The predicted molar refractivity (Wildman–Crippen MR) is 188 cm³/mol. The number of aliphatic imine (C=N–C) groups is 1. The van der Waals surface area contributed by atoms with E-state index in [4.69, 9.17) is 4.74 Å². The molecule has 1 aliphatic carbocycles. The standard InChI is InChI=1S/C37H44N8O4/c1-37(2)34(31-10-16-49-31)38-12-13-45(37)25-7-8-32(41-21-25)40-19-23-17-30(47)33(42-20-23)26-9-11-39-35(27(26)22-46)44-15-14-43-28-6-4-3-5-24(28)18-29(43)36(44)48/h7-9,11,17-18,20-21,31,33-34,38,46H,3-6,10,12-16,19,22H2,1-2H3,(H,40,41). The average molecular weight is 665 g/mol. The number of rotatable bonds is 8. The van der Waals surface area contributed by atoms with Gasteiger partial charge >= 0.3 is 0 Å². The minimum Gasteiger partial charge on any atom is -0.392 e. The maximum atomic E-state index is 13.7. The number of aryl methyl sites for hydroxylation is 1. The minimum absolute atomic E-state index is 0.124. The molecule has 0 aromatic carbocycles. The number of ether oxygens (including phenoxy) is 1. The van der Waals surface area contributed by atoms with Gasteiger partial charge in [0.25, 0.3) is 5.91 Å². The quantitative estimate of drug-likeness (QED) is 0.331. The third-order valence-corrected chi connectivity index (χ3v) is 11.0. The summed E-state index contributed by atoms with van der Waals surface area (Å²) in [5.74, 6) is 0.781. The van der Waals surface area contributed by atoms with E-state index in [1.54, 1.807) is 29.5 Å². The highest BCUT2D eigenvalue weighted by Crippen LogP contribution is 2.36. The van der Waals surface area contributed by atoms with Crippen LogP contribution < -0.4 is 20.4 Å². The Morgan fingerprint density at radius 1 is 1.10 bits per heavy atom. The number of ketones is 1. The van der Waals surface area contributed by atoms with E-state index in [-0.39, 0.29) is 36.0 Å². The van der Waals surface area contributed by atoms with Crippen LogP contribution >= 0.6 is 0 Å². The van der Waals surface area contributed by atoms with Gasteiger partial charge in [0.05, 0.1) is 36.2 Å². The number of carbonyl (C=O) groups excluding carboxylic acids is 2. The number of nitrogens with one attached hydrogen (secondary N) is 2. The van der Waals surface area contributed by atoms with Gasteiger partial charge in [-0.25, -0.2) is 9.97 Å². The second-order valence-electron chi connectivity index (χ2n) is 14.2. The van der Waals surface area contributed by atoms with Crippen LogP contribution in [0.15, 0.2) is 53.3 Å². The molecule has 0 bridgehead atoms. The second-order valence-corrected chi connectivity index (χ2v) is 14.2. The Morgan fingerprint density at radius 3 is 2.71 bits per heavy atom. The lowest BCUT2D eigenvalue weighted by Gasteiger charge is -2.53. The molecule has 3 aromatic heterocycles. The molecule has 2 saturated heterocycles. The van der Waals surface area contributed by atoms with Crippen LogP contribution in [0.5, 0.6) is 0 Å². The van der Waals surface area contributed by atoms with Gasteiger partial charge in [-0.3, -0.25) is 19.5 Å². The first-order valence-corrected chi connectivity index (χ1v) is 17.6. The van der Waals surface area contributed by atoms with Crippen LogP contribution in [-0.4, -0.2) is 88.0 Å². The average Bonchev–Trinajstić information content (AvgIpc) is 3.47. The van der Waals surface area contributed by atoms with Crippen molar-refractivity contribution in [3.05, 3.63) is 76.4 Å². The number of piperazine rings is 1. The van der Waals surface area contributed by atoms with Crippen molar-refractivity contribution in [3.63, 3.8) is 0 Å². The summed E-state index contributed by atoms with van der Waals surface area (Å²) in [6.45, 7) is 8.27. The van der Waals surface area contributed by atoms with E-state index in [0.29, 0.717) is 48.1 Å². The molecule has 12 heteroatoms. The molecular formula is C37H44N8O4. The number of aromatic nitrogens is 3. The van der Waals surface area contributed by atoms with Gasteiger partial charge < -0.3 is 29.9 Å². The molecule has 7 heterocycles. The van der Waals surface area contributed by atoms with E-state index in [1.807, 2.05) is 18.3 Å². The van der Waals surface area contributed by atoms with Gasteiger partial charge in [0, 0.05) is 63.0 Å². The number of anilines is 3. The number of aliphatic hydroxyl groups excluding tert-OH is 1. The van der Waals surface area contributed by atoms with E-state index in [1.165, 1.54) is 11.3 Å². The molecule has 4 aliphatic heterocycles. The number of hydrogen-bond donors (Lipinski definition) is 3. The maximum absolute atomic E-state index is 13.7. The maximum Gasteiger partial charge on any atom is 0.276 e. The number of dihydropyridines is 1. The molecule has 12 nitrogen and oxygen atoms in total. The van der Waals surface area contributed by atoms with Gasteiger partial charge in [-0.1, -0.05) is 0 Å². The van der Waals surface area contributed by atoms with Crippen molar-refractivity contribution in [2.24, 2.45) is 4.99 Å². The number of amides is 1. The predicted octanol–water partition coefficient (Wildman–Crippen LogP) is 3.39. The van der Waals surface area contributed by atoms with Gasteiger partial charge in [0.2, 0.25) is 0 Å². The van der Waals surface area contributed by atoms with E-state index in [9.17, 15) is 14.7 Å². The summed E-state index contributed by atoms with van der Waals surface area (Å²) in [7, 11) is 0. The van der Waals surface area contributed by atoms with E-state index < -0.39 is 6.04 Å². The number of carbonyl (C=O) groups is 2. The van der Waals surface area contributed by atoms with Gasteiger partial charge in [-0.2, -0.15) is 0 Å². The number of pyridine rings is 2. The van der Waals surface area contributed by atoms with Crippen LogP contribution in [0.25, 0.3) is 0 Å². The Labute approximate surface area is 286 Å². The van der Waals surface area contributed by atoms with Crippen LogP contribution in [0.4, 0.5) is 17.3 Å². The molecule has 3 aromatic rings. The number of nitrogens with zero attached hydrogens (tertiary/aromatic N) is 6. The summed E-state index contributed by atoms with van der Waals surface area (Å²) in [4.78, 5) is 45.0. The van der Waals surface area contributed by atoms with E-state index in [2.05, 4.69) is 55.0 Å². The molecule has 3 N–H and O–H groups in total. The fourth-order valence-corrected chi connectivity index (χ4v) is 8.30. The number of aliphatic hydroxyl groups is 1. The Balaban J connectivity index is 0.935. The second kappa shape index (κ2) is 12.8. The van der Waals surface area contributed by atoms with Crippen LogP contribution in [0.2, 0.25) is 0 Å². The largest absolute Gasteiger partial charge is 0.392 e. The first-order valence-electron chi connectivity index (χ1n) is 17.6. The monoisotopic (exact) mass is 664 g/mol. The normalized spacial score (nSPS) is 24.6. The van der Waals surface area contributed by atoms with Gasteiger partial charge in [0.1, 0.15) is 23.4 Å². The lowest BCUT2D eigenvalue weighted by atomic mass is 9.83. The molecule has 2 fully saturated rings. The molecule has 5 aliphatic rings. The molecule has 256 valence electrons. The smallest absolute Gasteiger partial charge is 0.276 e. The van der Waals surface area contributed by atoms with Crippen LogP contribution in [0.3, 0.4) is 0 Å². The topological polar surface area (TPSA) is 137 Å². The Kier molecular flexibility index (Phi) is 8.33. The Morgan fingerprint density at radius 2 is 1.96 bits per heavy atom. The molecule has 3 atom stereocenters. The first kappa shape index (κ1) is 31.9. The molecule has 0 saturated carbocycles. The highest BCUT2D eigenvalue weighted by Gasteiger charge is 2.45. The van der Waals surface area contributed by atoms with Gasteiger partial charge in [-0.15, -0.1) is 0 Å². The summed E-state index contributed by atoms with van der Waals surface area (Å²) >= 11 is 0. The fraction of sp³-hybridized carbons (Fsp3) is 0.486. The lowest BCUT2D eigenvalue weighted by Crippen LogP contribution is -2.70. The van der Waals surface area contributed by atoms with Crippen molar-refractivity contribution in [2.75, 3.05) is 47.9 Å². The molecule has 1 amide bonds. The first-order chi connectivity index (χ1) is 23.8. The molecule has 3 unspecified atom stereocenters. The molecule has 8 rings (SSSR count). The lowest BCUT2D eigenvalue weighted by molar-refractivity contribution is -0.115. The fourth-order valence-electron chi connectivity index (χ4n) is 8.30. The van der Waals surface area contributed by atoms with Crippen molar-refractivity contribution in [2.45, 2.75) is 82.8 Å². The summed E-state index contributed by atoms with van der Waals surface area (Å²) in [6, 6.07) is 7.23. The summed E-state index contributed by atoms with van der Waals surface area (Å²) in [5.41, 5.74) is 5.89. The number of fused-ring (bicyclic) bond motifs is 3.